The maximum atomic E-state index is 12.4. The second-order valence-corrected chi connectivity index (χ2v) is 9.77. The van der Waals surface area contributed by atoms with E-state index in [4.69, 9.17) is 4.74 Å². The van der Waals surface area contributed by atoms with Gasteiger partial charge in [0, 0.05) is 25.1 Å². The molecule has 0 amide bonds. The molecule has 0 spiro atoms. The maximum absolute atomic E-state index is 12.4. The number of benzene rings is 2. The smallest absolute Gasteiger partial charge is 0.338 e. The van der Waals surface area contributed by atoms with E-state index in [0.717, 1.165) is 20.7 Å². The number of sulfonamides is 1. The van der Waals surface area contributed by atoms with Crippen LogP contribution in [0.2, 0.25) is 0 Å². The third kappa shape index (κ3) is 4.52. The lowest BCUT2D eigenvalue weighted by molar-refractivity contribution is 0.0458. The molecule has 154 valence electrons. The van der Waals surface area contributed by atoms with Crippen molar-refractivity contribution in [2.75, 3.05) is 14.1 Å². The van der Waals surface area contributed by atoms with Gasteiger partial charge in [-0.25, -0.2) is 22.5 Å². The van der Waals surface area contributed by atoms with Gasteiger partial charge in [-0.15, -0.1) is 0 Å². The highest BCUT2D eigenvalue weighted by Gasteiger charge is 2.20. The Labute approximate surface area is 178 Å². The lowest BCUT2D eigenvalue weighted by atomic mass is 10.2. The number of hydrogen-bond acceptors (Lipinski definition) is 5. The Hall–Kier alpha value is -2.23. The zero-order valence-electron chi connectivity index (χ0n) is 16.4. The molecule has 1 aromatic heterocycles. The van der Waals surface area contributed by atoms with E-state index in [9.17, 15) is 13.2 Å². The quantitative estimate of drug-likeness (QED) is 0.481. The van der Waals surface area contributed by atoms with Crippen LogP contribution in [0.4, 0.5) is 0 Å². The first-order chi connectivity index (χ1) is 13.7. The summed E-state index contributed by atoms with van der Waals surface area (Å²) in [5.41, 5.74) is 1.81. The Balaban J connectivity index is 1.91. The van der Waals surface area contributed by atoms with Gasteiger partial charge in [0.25, 0.3) is 0 Å². The highest BCUT2D eigenvalue weighted by Crippen LogP contribution is 2.23. The minimum Gasteiger partial charge on any atom is -0.454 e. The summed E-state index contributed by atoms with van der Waals surface area (Å²) in [6, 6.07) is 11.8. The summed E-state index contributed by atoms with van der Waals surface area (Å²) >= 11 is 3.33. The number of rotatable bonds is 7. The fourth-order valence-electron chi connectivity index (χ4n) is 2.91. The van der Waals surface area contributed by atoms with E-state index in [0.29, 0.717) is 23.4 Å². The van der Waals surface area contributed by atoms with Crippen molar-refractivity contribution in [1.29, 1.82) is 0 Å². The summed E-state index contributed by atoms with van der Waals surface area (Å²) in [5.74, 6) is 0.134. The Morgan fingerprint density at radius 2 is 1.86 bits per heavy atom. The molecule has 0 radical (unpaired) electrons. The number of fused-ring (bicyclic) bond motifs is 1. The molecule has 0 saturated carbocycles. The van der Waals surface area contributed by atoms with Gasteiger partial charge in [0.05, 0.1) is 21.5 Å². The molecular formula is C20H22BrN3O4S. The summed E-state index contributed by atoms with van der Waals surface area (Å²) in [4.78, 5) is 17.0. The summed E-state index contributed by atoms with van der Waals surface area (Å²) in [6.07, 6.45) is 0.858. The molecule has 0 fully saturated rings. The highest BCUT2D eigenvalue weighted by atomic mass is 79.9. The third-order valence-electron chi connectivity index (χ3n) is 4.44. The average molecular weight is 480 g/mol. The van der Waals surface area contributed by atoms with Crippen LogP contribution in [0.1, 0.15) is 29.5 Å². The Bertz CT molecular complexity index is 1140. The molecule has 0 atom stereocenters. The predicted molar refractivity (Wildman–Crippen MR) is 114 cm³/mol. The van der Waals surface area contributed by atoms with Crippen molar-refractivity contribution in [2.45, 2.75) is 31.4 Å². The van der Waals surface area contributed by atoms with Gasteiger partial charge in [-0.1, -0.05) is 22.9 Å². The first-order valence-corrected chi connectivity index (χ1v) is 11.3. The van der Waals surface area contributed by atoms with Crippen LogP contribution in [-0.4, -0.2) is 42.3 Å². The molecule has 9 heteroatoms. The lowest BCUT2D eigenvalue weighted by Crippen LogP contribution is -2.22. The zero-order chi connectivity index (χ0) is 21.2. The van der Waals surface area contributed by atoms with Gasteiger partial charge in [0.15, 0.2) is 0 Å². The standard InChI is InChI=1S/C20H22BrN3O4S/c1-4-11-24-18-10-9-16(29(26,27)23(2)3)12-17(18)22-19(24)13-28-20(25)14-5-7-15(21)8-6-14/h5-10,12H,4,11,13H2,1-3H3. The molecule has 29 heavy (non-hydrogen) atoms. The number of halogens is 1. The van der Waals surface area contributed by atoms with Crippen molar-refractivity contribution in [3.05, 3.63) is 58.3 Å². The molecule has 0 aliphatic rings. The number of ether oxygens (including phenoxy) is 1. The van der Waals surface area contributed by atoms with Gasteiger partial charge in [-0.3, -0.25) is 0 Å². The molecule has 1 heterocycles. The second kappa shape index (κ2) is 8.64. The Morgan fingerprint density at radius 3 is 2.48 bits per heavy atom. The van der Waals surface area contributed by atoms with Crippen LogP contribution in [0.5, 0.6) is 0 Å². The first-order valence-electron chi connectivity index (χ1n) is 9.08. The van der Waals surface area contributed by atoms with E-state index in [-0.39, 0.29) is 11.5 Å². The van der Waals surface area contributed by atoms with E-state index < -0.39 is 16.0 Å². The number of carbonyl (C=O) groups excluding carboxylic acids is 1. The Kier molecular flexibility index (Phi) is 6.40. The predicted octanol–water partition coefficient (Wildman–Crippen LogP) is 3.82. The fraction of sp³-hybridized carbons (Fsp3) is 0.300. The highest BCUT2D eigenvalue weighted by molar-refractivity contribution is 9.10. The number of imidazole rings is 1. The molecule has 0 aliphatic carbocycles. The van der Waals surface area contributed by atoms with Gasteiger partial charge in [0.2, 0.25) is 10.0 Å². The van der Waals surface area contributed by atoms with Crippen LogP contribution >= 0.6 is 15.9 Å². The molecule has 2 aromatic carbocycles. The monoisotopic (exact) mass is 479 g/mol. The van der Waals surface area contributed by atoms with Crippen molar-refractivity contribution in [1.82, 2.24) is 13.9 Å². The number of hydrogen-bond donors (Lipinski definition) is 0. The maximum Gasteiger partial charge on any atom is 0.338 e. The normalized spacial score (nSPS) is 11.9. The minimum atomic E-state index is -3.55. The number of aromatic nitrogens is 2. The molecule has 7 nitrogen and oxygen atoms in total. The van der Waals surface area contributed by atoms with Gasteiger partial charge >= 0.3 is 5.97 Å². The molecule has 3 rings (SSSR count). The fourth-order valence-corrected chi connectivity index (χ4v) is 4.10. The van der Waals surface area contributed by atoms with Crippen LogP contribution in [0.15, 0.2) is 51.8 Å². The molecule has 0 aliphatic heterocycles. The van der Waals surface area contributed by atoms with E-state index in [1.807, 2.05) is 11.5 Å². The van der Waals surface area contributed by atoms with Crippen LogP contribution in [0.25, 0.3) is 11.0 Å². The first kappa shape index (κ1) is 21.5. The number of carbonyl (C=O) groups is 1. The zero-order valence-corrected chi connectivity index (χ0v) is 18.8. The van der Waals surface area contributed by atoms with Gasteiger partial charge < -0.3 is 9.30 Å². The largest absolute Gasteiger partial charge is 0.454 e. The van der Waals surface area contributed by atoms with Gasteiger partial charge in [0.1, 0.15) is 12.4 Å². The van der Waals surface area contributed by atoms with Crippen molar-refractivity contribution in [2.24, 2.45) is 0 Å². The van der Waals surface area contributed by atoms with E-state index in [1.54, 1.807) is 42.5 Å². The summed E-state index contributed by atoms with van der Waals surface area (Å²) in [6.45, 7) is 2.72. The number of aryl methyl sites for hydroxylation is 1. The van der Waals surface area contributed by atoms with Crippen LogP contribution in [-0.2, 0) is 27.9 Å². The minimum absolute atomic E-state index is 0.000654. The van der Waals surface area contributed by atoms with E-state index >= 15 is 0 Å². The van der Waals surface area contributed by atoms with Crippen LogP contribution < -0.4 is 0 Å². The average Bonchev–Trinajstić information content (AvgIpc) is 3.03. The van der Waals surface area contributed by atoms with E-state index in [1.165, 1.54) is 14.1 Å². The lowest BCUT2D eigenvalue weighted by Gasteiger charge is -2.11. The van der Waals surface area contributed by atoms with Gasteiger partial charge in [-0.2, -0.15) is 0 Å². The van der Waals surface area contributed by atoms with Crippen LogP contribution in [0, 0.1) is 0 Å². The molecule has 0 saturated heterocycles. The Morgan fingerprint density at radius 1 is 1.17 bits per heavy atom. The van der Waals surface area contributed by atoms with Crippen molar-refractivity contribution < 1.29 is 17.9 Å². The number of esters is 1. The van der Waals surface area contributed by atoms with Crippen LogP contribution in [0.3, 0.4) is 0 Å². The molecule has 0 unspecified atom stereocenters. The topological polar surface area (TPSA) is 81.5 Å². The second-order valence-electron chi connectivity index (χ2n) is 6.70. The summed E-state index contributed by atoms with van der Waals surface area (Å²) in [5, 5.41) is 0. The summed E-state index contributed by atoms with van der Waals surface area (Å²) < 4.78 is 34.3. The summed E-state index contributed by atoms with van der Waals surface area (Å²) in [7, 11) is -0.578. The third-order valence-corrected chi connectivity index (χ3v) is 6.78. The molecule has 0 N–H and O–H groups in total. The van der Waals surface area contributed by atoms with Crippen molar-refractivity contribution in [3.63, 3.8) is 0 Å². The van der Waals surface area contributed by atoms with Crippen molar-refractivity contribution in [3.8, 4) is 0 Å². The number of nitrogens with zero attached hydrogens (tertiary/aromatic N) is 3. The molecule has 0 bridgehead atoms. The van der Waals surface area contributed by atoms with Gasteiger partial charge in [-0.05, 0) is 48.9 Å². The molecular weight excluding hydrogens is 458 g/mol. The van der Waals surface area contributed by atoms with E-state index in [2.05, 4.69) is 20.9 Å². The SMILES string of the molecule is CCCn1c(COC(=O)c2ccc(Br)cc2)nc2cc(S(=O)(=O)N(C)C)ccc21. The van der Waals surface area contributed by atoms with Crippen molar-refractivity contribution >= 4 is 43.0 Å². The molecule has 3 aromatic rings.